The number of aliphatic hydroxyl groups excluding tert-OH is 1. The number of aryl methyl sites for hydroxylation is 1. The number of ether oxygens (including phenoxy) is 1. The number of benzene rings is 2. The van der Waals surface area contributed by atoms with Crippen LogP contribution in [0.4, 0.5) is 0 Å². The number of allylic oxidation sites excluding steroid dienone is 1. The molecular weight excluding hydrogens is 392 g/mol. The quantitative estimate of drug-likeness (QED) is 0.466. The molecule has 0 heterocycles. The highest BCUT2D eigenvalue weighted by Crippen LogP contribution is 2.44. The fraction of sp³-hybridized carbons (Fsp3) is 0.364. The lowest BCUT2D eigenvalue weighted by Crippen LogP contribution is -2.11. The lowest BCUT2D eigenvalue weighted by molar-refractivity contribution is 0.342. The topological polar surface area (TPSA) is 93.1 Å². The molecule has 0 fully saturated rings. The number of hydrogen-bond donors (Lipinski definition) is 2. The van der Waals surface area contributed by atoms with Crippen LogP contribution in [0.15, 0.2) is 47.4 Å². The maximum Gasteiger partial charge on any atom is 0.339 e. The van der Waals surface area contributed by atoms with E-state index >= 15 is 0 Å². The van der Waals surface area contributed by atoms with Crippen molar-refractivity contribution >= 4 is 10.1 Å². The summed E-state index contributed by atoms with van der Waals surface area (Å²) < 4.78 is 36.2. The molecule has 1 unspecified atom stereocenters. The number of phenols is 1. The summed E-state index contributed by atoms with van der Waals surface area (Å²) >= 11 is 0. The summed E-state index contributed by atoms with van der Waals surface area (Å²) in [6.07, 6.45) is 4.92. The van der Waals surface area contributed by atoms with Gasteiger partial charge in [-0.2, -0.15) is 8.42 Å². The molecule has 0 aliphatic rings. The summed E-state index contributed by atoms with van der Waals surface area (Å²) in [6, 6.07) is 7.95. The van der Waals surface area contributed by atoms with Gasteiger partial charge < -0.3 is 19.1 Å². The van der Waals surface area contributed by atoms with Gasteiger partial charge in [-0.1, -0.05) is 36.8 Å². The van der Waals surface area contributed by atoms with E-state index < -0.39 is 10.1 Å². The second kappa shape index (κ2) is 9.80. The van der Waals surface area contributed by atoms with Crippen LogP contribution in [0.3, 0.4) is 0 Å². The molecule has 2 rings (SSSR count). The first kappa shape index (κ1) is 22.8. The van der Waals surface area contributed by atoms with E-state index in [0.717, 1.165) is 5.56 Å². The molecule has 0 bridgehead atoms. The Morgan fingerprint density at radius 3 is 2.38 bits per heavy atom. The lowest BCUT2D eigenvalue weighted by atomic mass is 9.93. The minimum Gasteiger partial charge on any atom is -0.504 e. The molecular formula is C22H28O6S. The number of methoxy groups -OCH3 is 1. The van der Waals surface area contributed by atoms with Gasteiger partial charge in [-0.3, -0.25) is 0 Å². The molecule has 158 valence electrons. The minimum atomic E-state index is -4.03. The molecule has 2 aromatic carbocycles. The highest BCUT2D eigenvalue weighted by atomic mass is 32.2. The lowest BCUT2D eigenvalue weighted by Gasteiger charge is -2.19. The van der Waals surface area contributed by atoms with Crippen LogP contribution in [0.25, 0.3) is 0 Å². The first-order valence-electron chi connectivity index (χ1n) is 9.38. The predicted octanol–water partition coefficient (Wildman–Crippen LogP) is 4.22. The molecule has 0 radical (unpaired) electrons. The van der Waals surface area contributed by atoms with Gasteiger partial charge in [0.1, 0.15) is 10.6 Å². The zero-order valence-electron chi connectivity index (χ0n) is 17.2. The summed E-state index contributed by atoms with van der Waals surface area (Å²) in [5, 5.41) is 19.5. The highest BCUT2D eigenvalue weighted by Gasteiger charge is 2.24. The van der Waals surface area contributed by atoms with Gasteiger partial charge in [0.2, 0.25) is 0 Å². The Balaban J connectivity index is 2.41. The summed E-state index contributed by atoms with van der Waals surface area (Å²) in [4.78, 5) is 0.0540. The molecule has 0 amide bonds. The van der Waals surface area contributed by atoms with Crippen molar-refractivity contribution in [1.29, 1.82) is 0 Å². The smallest absolute Gasteiger partial charge is 0.339 e. The van der Waals surface area contributed by atoms with E-state index in [1.165, 1.54) is 19.2 Å². The van der Waals surface area contributed by atoms with E-state index in [2.05, 4.69) is 0 Å². The molecule has 2 aromatic rings. The second-order valence-corrected chi connectivity index (χ2v) is 8.50. The Kier molecular flexibility index (Phi) is 7.70. The van der Waals surface area contributed by atoms with E-state index in [1.807, 2.05) is 19.9 Å². The third-order valence-corrected chi connectivity index (χ3v) is 6.02. The van der Waals surface area contributed by atoms with Gasteiger partial charge >= 0.3 is 10.1 Å². The maximum absolute atomic E-state index is 12.7. The van der Waals surface area contributed by atoms with E-state index in [4.69, 9.17) is 14.0 Å². The SMILES string of the molecule is COc1c(C)c(OS(=O)(=O)c2ccc(C)cc2)cc(C(C)CC/C=C\CO)c1O. The van der Waals surface area contributed by atoms with Gasteiger partial charge in [0.25, 0.3) is 0 Å². The first-order valence-corrected chi connectivity index (χ1v) is 10.8. The molecule has 1 atom stereocenters. The van der Waals surface area contributed by atoms with Gasteiger partial charge in [-0.15, -0.1) is 0 Å². The van der Waals surface area contributed by atoms with Gasteiger partial charge in [-0.05, 0) is 50.8 Å². The number of phenolic OH excluding ortho intramolecular Hbond substituents is 1. The molecule has 0 saturated heterocycles. The second-order valence-electron chi connectivity index (χ2n) is 6.95. The molecule has 29 heavy (non-hydrogen) atoms. The first-order chi connectivity index (χ1) is 13.7. The largest absolute Gasteiger partial charge is 0.504 e. The average Bonchev–Trinajstić information content (AvgIpc) is 2.68. The Bertz CT molecular complexity index is 962. The van der Waals surface area contributed by atoms with E-state index in [-0.39, 0.29) is 34.7 Å². The van der Waals surface area contributed by atoms with Crippen molar-refractivity contribution in [2.45, 2.75) is 44.4 Å². The normalized spacial score (nSPS) is 12.9. The van der Waals surface area contributed by atoms with Crippen LogP contribution in [0, 0.1) is 13.8 Å². The third-order valence-electron chi connectivity index (χ3n) is 4.77. The maximum atomic E-state index is 12.7. The van der Waals surface area contributed by atoms with Crippen molar-refractivity contribution in [1.82, 2.24) is 0 Å². The fourth-order valence-corrected chi connectivity index (χ4v) is 3.99. The molecule has 0 aliphatic heterocycles. The molecule has 2 N–H and O–H groups in total. The Hall–Kier alpha value is -2.51. The zero-order valence-corrected chi connectivity index (χ0v) is 18.0. The fourth-order valence-electron chi connectivity index (χ4n) is 3.02. The van der Waals surface area contributed by atoms with Crippen LogP contribution in [-0.4, -0.2) is 32.3 Å². The van der Waals surface area contributed by atoms with Crippen LogP contribution in [0.5, 0.6) is 17.2 Å². The molecule has 0 aliphatic carbocycles. The van der Waals surface area contributed by atoms with Gasteiger partial charge in [0.15, 0.2) is 11.5 Å². The molecule has 0 aromatic heterocycles. The standard InChI is InChI=1S/C22H28O6S/c1-15-9-11-18(12-10-15)29(25,26)28-20-14-19(16(2)8-6-5-7-13-23)21(24)22(27-4)17(20)3/h5,7,9-12,14,16,23-24H,6,8,13H2,1-4H3/b7-5-. The molecule has 6 nitrogen and oxygen atoms in total. The highest BCUT2D eigenvalue weighted by molar-refractivity contribution is 7.87. The van der Waals surface area contributed by atoms with Crippen molar-refractivity contribution in [3.63, 3.8) is 0 Å². The van der Waals surface area contributed by atoms with Gasteiger partial charge in [-0.25, -0.2) is 0 Å². The summed E-state index contributed by atoms with van der Waals surface area (Å²) in [5.74, 6) is 0.198. The Morgan fingerprint density at radius 2 is 1.79 bits per heavy atom. The molecule has 7 heteroatoms. The average molecular weight is 421 g/mol. The Labute approximate surface area is 172 Å². The van der Waals surface area contributed by atoms with Crippen molar-refractivity contribution in [3.05, 3.63) is 59.2 Å². The van der Waals surface area contributed by atoms with Crippen molar-refractivity contribution in [3.8, 4) is 17.2 Å². The van der Waals surface area contributed by atoms with Crippen molar-refractivity contribution < 1.29 is 27.6 Å². The summed E-state index contributed by atoms with van der Waals surface area (Å²) in [7, 11) is -2.62. The third kappa shape index (κ3) is 5.52. The summed E-state index contributed by atoms with van der Waals surface area (Å²) in [5.41, 5.74) is 1.88. The van der Waals surface area contributed by atoms with Gasteiger partial charge in [0.05, 0.1) is 13.7 Å². The Morgan fingerprint density at radius 1 is 1.14 bits per heavy atom. The monoisotopic (exact) mass is 420 g/mol. The van der Waals surface area contributed by atoms with Crippen LogP contribution >= 0.6 is 0 Å². The van der Waals surface area contributed by atoms with Crippen LogP contribution in [0.1, 0.15) is 42.4 Å². The predicted molar refractivity (Wildman–Crippen MR) is 112 cm³/mol. The number of aliphatic hydroxyl groups is 1. The zero-order chi connectivity index (χ0) is 21.6. The molecule has 0 spiro atoms. The van der Waals surface area contributed by atoms with Crippen LogP contribution in [0.2, 0.25) is 0 Å². The number of aromatic hydroxyl groups is 1. The van der Waals surface area contributed by atoms with Crippen molar-refractivity contribution in [2.24, 2.45) is 0 Å². The van der Waals surface area contributed by atoms with Gasteiger partial charge in [0, 0.05) is 11.1 Å². The molecule has 0 saturated carbocycles. The number of hydrogen-bond acceptors (Lipinski definition) is 6. The van der Waals surface area contributed by atoms with E-state index in [9.17, 15) is 13.5 Å². The van der Waals surface area contributed by atoms with Crippen LogP contribution < -0.4 is 8.92 Å². The number of rotatable bonds is 9. The van der Waals surface area contributed by atoms with Crippen LogP contribution in [-0.2, 0) is 10.1 Å². The van der Waals surface area contributed by atoms with E-state index in [0.29, 0.717) is 24.0 Å². The van der Waals surface area contributed by atoms with Crippen molar-refractivity contribution in [2.75, 3.05) is 13.7 Å². The summed E-state index contributed by atoms with van der Waals surface area (Å²) in [6.45, 7) is 5.41. The van der Waals surface area contributed by atoms with E-state index in [1.54, 1.807) is 31.2 Å². The minimum absolute atomic E-state index is 0.0210.